The van der Waals surface area contributed by atoms with Crippen LogP contribution in [0.2, 0.25) is 0 Å². The summed E-state index contributed by atoms with van der Waals surface area (Å²) in [7, 11) is 0. The molecule has 1 aromatic heterocycles. The predicted molar refractivity (Wildman–Crippen MR) is 121 cm³/mol. The number of phenols is 1. The van der Waals surface area contributed by atoms with E-state index in [1.807, 2.05) is 31.2 Å². The van der Waals surface area contributed by atoms with E-state index in [0.717, 1.165) is 35.1 Å². The molecule has 8 heteroatoms. The van der Waals surface area contributed by atoms with E-state index < -0.39 is 5.41 Å². The molecule has 8 nitrogen and oxygen atoms in total. The standard InChI is InChI=1S/C24H25N5O3/c1-2-31-19-10-15(9-17-12-28-23(27)29-22(17)26)11-20(32-14-24(13-25)7-8-24)21(19)16-3-5-18(30)6-4-16/h3-6,10-12,30H,2,7-9,14H2,1H3,(H4,26,27,28,29). The van der Waals surface area contributed by atoms with Crippen molar-refractivity contribution in [3.63, 3.8) is 0 Å². The molecule has 5 N–H and O–H groups in total. The van der Waals surface area contributed by atoms with Crippen LogP contribution in [0, 0.1) is 16.7 Å². The van der Waals surface area contributed by atoms with E-state index in [9.17, 15) is 10.4 Å². The Bertz CT molecular complexity index is 1170. The van der Waals surface area contributed by atoms with E-state index in [4.69, 9.17) is 20.9 Å². The fourth-order valence-electron chi connectivity index (χ4n) is 3.49. The van der Waals surface area contributed by atoms with Crippen LogP contribution in [0.5, 0.6) is 17.2 Å². The third-order valence-electron chi connectivity index (χ3n) is 5.49. The van der Waals surface area contributed by atoms with Gasteiger partial charge in [-0.3, -0.25) is 0 Å². The normalized spacial score (nSPS) is 13.9. The van der Waals surface area contributed by atoms with Crippen molar-refractivity contribution in [1.82, 2.24) is 9.97 Å². The van der Waals surface area contributed by atoms with E-state index in [2.05, 4.69) is 16.0 Å². The van der Waals surface area contributed by atoms with Crippen molar-refractivity contribution < 1.29 is 14.6 Å². The maximum Gasteiger partial charge on any atom is 0.221 e. The number of rotatable bonds is 8. The van der Waals surface area contributed by atoms with Gasteiger partial charge in [0.1, 0.15) is 29.7 Å². The molecule has 1 aliphatic rings. The van der Waals surface area contributed by atoms with Gasteiger partial charge in [-0.2, -0.15) is 10.2 Å². The van der Waals surface area contributed by atoms with E-state index in [-0.39, 0.29) is 11.7 Å². The minimum atomic E-state index is -0.427. The number of ether oxygens (including phenoxy) is 2. The molecule has 1 fully saturated rings. The monoisotopic (exact) mass is 431 g/mol. The number of aromatic nitrogens is 2. The number of nitriles is 1. The van der Waals surface area contributed by atoms with Crippen LogP contribution in [0.3, 0.4) is 0 Å². The minimum Gasteiger partial charge on any atom is -0.508 e. The molecule has 0 aliphatic heterocycles. The minimum absolute atomic E-state index is 0.124. The Hall–Kier alpha value is -3.99. The lowest BCUT2D eigenvalue weighted by molar-refractivity contribution is 0.267. The molecule has 32 heavy (non-hydrogen) atoms. The smallest absolute Gasteiger partial charge is 0.221 e. The maximum absolute atomic E-state index is 9.72. The summed E-state index contributed by atoms with van der Waals surface area (Å²) >= 11 is 0. The van der Waals surface area contributed by atoms with Gasteiger partial charge in [-0.1, -0.05) is 12.1 Å². The van der Waals surface area contributed by atoms with Gasteiger partial charge in [-0.05, 0) is 55.2 Å². The van der Waals surface area contributed by atoms with E-state index in [1.54, 1.807) is 18.3 Å². The molecule has 0 saturated heterocycles. The second-order valence-corrected chi connectivity index (χ2v) is 7.94. The van der Waals surface area contributed by atoms with Gasteiger partial charge in [0, 0.05) is 18.2 Å². The molecule has 0 spiro atoms. The molecule has 4 rings (SSSR count). The molecule has 3 aromatic rings. The van der Waals surface area contributed by atoms with E-state index >= 15 is 0 Å². The summed E-state index contributed by atoms with van der Waals surface area (Å²) in [5.41, 5.74) is 14.5. The van der Waals surface area contributed by atoms with Crippen LogP contribution in [-0.2, 0) is 6.42 Å². The number of nitrogens with two attached hydrogens (primary N) is 2. The third kappa shape index (κ3) is 4.52. The average Bonchev–Trinajstić information content (AvgIpc) is 3.56. The lowest BCUT2D eigenvalue weighted by atomic mass is 9.98. The highest BCUT2D eigenvalue weighted by molar-refractivity contribution is 5.78. The average molecular weight is 431 g/mol. The second kappa shape index (κ2) is 8.63. The number of hydrogen-bond acceptors (Lipinski definition) is 8. The first-order chi connectivity index (χ1) is 15.4. The zero-order valence-electron chi connectivity index (χ0n) is 17.8. The number of nitrogen functional groups attached to an aromatic ring is 2. The lowest BCUT2D eigenvalue weighted by Gasteiger charge is -2.19. The van der Waals surface area contributed by atoms with Gasteiger partial charge in [0.2, 0.25) is 5.95 Å². The van der Waals surface area contributed by atoms with Crippen LogP contribution in [0.4, 0.5) is 11.8 Å². The SMILES string of the molecule is CCOc1cc(Cc2cnc(N)nc2N)cc(OCC2(C#N)CC2)c1-c1ccc(O)cc1. The third-order valence-corrected chi connectivity index (χ3v) is 5.49. The highest BCUT2D eigenvalue weighted by Crippen LogP contribution is 2.47. The van der Waals surface area contributed by atoms with Crippen LogP contribution in [0.15, 0.2) is 42.6 Å². The van der Waals surface area contributed by atoms with Crippen molar-refractivity contribution in [3.05, 3.63) is 53.7 Å². The summed E-state index contributed by atoms with van der Waals surface area (Å²) in [6.45, 7) is 2.68. The molecule has 0 amide bonds. The first-order valence-corrected chi connectivity index (χ1v) is 10.4. The Morgan fingerprint density at radius 3 is 2.41 bits per heavy atom. The van der Waals surface area contributed by atoms with Crippen molar-refractivity contribution in [2.24, 2.45) is 5.41 Å². The van der Waals surface area contributed by atoms with Gasteiger partial charge >= 0.3 is 0 Å². The zero-order chi connectivity index (χ0) is 22.7. The van der Waals surface area contributed by atoms with Crippen molar-refractivity contribution in [1.29, 1.82) is 5.26 Å². The van der Waals surface area contributed by atoms with Crippen molar-refractivity contribution in [2.45, 2.75) is 26.2 Å². The number of benzene rings is 2. The Balaban J connectivity index is 1.77. The van der Waals surface area contributed by atoms with Gasteiger partial charge in [0.05, 0.1) is 23.7 Å². The molecule has 1 aliphatic carbocycles. The summed E-state index contributed by atoms with van der Waals surface area (Å²) in [5.74, 6) is 1.86. The van der Waals surface area contributed by atoms with Gasteiger partial charge < -0.3 is 26.0 Å². The fourth-order valence-corrected chi connectivity index (χ4v) is 3.49. The van der Waals surface area contributed by atoms with Gasteiger partial charge in [0.15, 0.2) is 0 Å². The molecule has 1 saturated carbocycles. The van der Waals surface area contributed by atoms with Crippen LogP contribution in [0.25, 0.3) is 11.1 Å². The molecule has 0 radical (unpaired) electrons. The number of phenolic OH excluding ortho intramolecular Hbond substituents is 1. The van der Waals surface area contributed by atoms with Gasteiger partial charge in [0.25, 0.3) is 0 Å². The topological polar surface area (TPSA) is 140 Å². The molecule has 0 atom stereocenters. The summed E-state index contributed by atoms with van der Waals surface area (Å²) in [6.07, 6.45) is 3.73. The molecule has 1 heterocycles. The maximum atomic E-state index is 9.72. The van der Waals surface area contributed by atoms with E-state index in [0.29, 0.717) is 37.0 Å². The molecule has 164 valence electrons. The van der Waals surface area contributed by atoms with Crippen molar-refractivity contribution in [3.8, 4) is 34.4 Å². The molecule has 2 aromatic carbocycles. The second-order valence-electron chi connectivity index (χ2n) is 7.94. The molecular formula is C24H25N5O3. The van der Waals surface area contributed by atoms with Crippen molar-refractivity contribution >= 4 is 11.8 Å². The number of nitrogens with zero attached hydrogens (tertiary/aromatic N) is 3. The highest BCUT2D eigenvalue weighted by Gasteiger charge is 2.44. The Morgan fingerprint density at radius 2 is 1.81 bits per heavy atom. The van der Waals surface area contributed by atoms with Crippen LogP contribution in [-0.4, -0.2) is 28.3 Å². The summed E-state index contributed by atoms with van der Waals surface area (Å²) < 4.78 is 12.2. The predicted octanol–water partition coefficient (Wildman–Crippen LogP) is 3.69. The van der Waals surface area contributed by atoms with E-state index in [1.165, 1.54) is 0 Å². The summed E-state index contributed by atoms with van der Waals surface area (Å²) in [5, 5.41) is 19.2. The van der Waals surface area contributed by atoms with Crippen LogP contribution >= 0.6 is 0 Å². The zero-order valence-corrected chi connectivity index (χ0v) is 17.8. The fraction of sp³-hybridized carbons (Fsp3) is 0.292. The lowest BCUT2D eigenvalue weighted by Crippen LogP contribution is -2.12. The quantitative estimate of drug-likeness (QED) is 0.490. The van der Waals surface area contributed by atoms with Gasteiger partial charge in [-0.25, -0.2) is 4.98 Å². The molecular weight excluding hydrogens is 406 g/mol. The Morgan fingerprint density at radius 1 is 1.12 bits per heavy atom. The van der Waals surface area contributed by atoms with Gasteiger partial charge in [-0.15, -0.1) is 0 Å². The Kier molecular flexibility index (Phi) is 5.73. The number of aromatic hydroxyl groups is 1. The number of hydrogen-bond donors (Lipinski definition) is 3. The number of anilines is 2. The first kappa shape index (κ1) is 21.2. The molecule has 0 unspecified atom stereocenters. The van der Waals surface area contributed by atoms with Crippen molar-refractivity contribution in [2.75, 3.05) is 24.7 Å². The summed E-state index contributed by atoms with van der Waals surface area (Å²) in [4.78, 5) is 8.08. The van der Waals surface area contributed by atoms with Crippen LogP contribution in [0.1, 0.15) is 30.9 Å². The molecule has 0 bridgehead atoms. The van der Waals surface area contributed by atoms with Crippen LogP contribution < -0.4 is 20.9 Å². The highest BCUT2D eigenvalue weighted by atomic mass is 16.5. The first-order valence-electron chi connectivity index (χ1n) is 10.4. The summed E-state index contributed by atoms with van der Waals surface area (Å²) in [6, 6.07) is 13.1. The Labute approximate surface area is 186 Å². The largest absolute Gasteiger partial charge is 0.508 e.